The third kappa shape index (κ3) is 4.16. The summed E-state index contributed by atoms with van der Waals surface area (Å²) in [5.41, 5.74) is 3.59. The van der Waals surface area contributed by atoms with Crippen LogP contribution in [0.5, 0.6) is 0 Å². The Hall–Kier alpha value is -1.65. The van der Waals surface area contributed by atoms with E-state index in [4.69, 9.17) is 0 Å². The Bertz CT molecular complexity index is 689. The first-order chi connectivity index (χ1) is 9.90. The number of likely N-dealkylation sites (N-methyl/N-ethyl adjacent to an activating group) is 1. The zero-order valence-electron chi connectivity index (χ0n) is 12.6. The van der Waals surface area contributed by atoms with Crippen molar-refractivity contribution in [3.63, 3.8) is 0 Å². The molecule has 0 aliphatic rings. The summed E-state index contributed by atoms with van der Waals surface area (Å²) < 4.78 is 23.0. The lowest BCUT2D eigenvalue weighted by molar-refractivity contribution is 0.590. The first kappa shape index (κ1) is 15.7. The number of benzene rings is 2. The molecule has 0 radical (unpaired) electrons. The third-order valence-electron chi connectivity index (χ3n) is 3.62. The highest BCUT2D eigenvalue weighted by molar-refractivity contribution is 7.90. The maximum Gasteiger partial charge on any atom is 0.175 e. The van der Waals surface area contributed by atoms with Gasteiger partial charge in [0.25, 0.3) is 0 Å². The van der Waals surface area contributed by atoms with E-state index < -0.39 is 9.84 Å². The smallest absolute Gasteiger partial charge is 0.175 e. The minimum Gasteiger partial charge on any atom is -0.313 e. The van der Waals surface area contributed by atoms with Crippen LogP contribution in [-0.4, -0.2) is 21.7 Å². The van der Waals surface area contributed by atoms with Crippen LogP contribution in [0.4, 0.5) is 0 Å². The van der Waals surface area contributed by atoms with Crippen molar-refractivity contribution in [3.05, 3.63) is 65.2 Å². The maximum absolute atomic E-state index is 11.5. The van der Waals surface area contributed by atoms with Crippen LogP contribution in [-0.2, 0) is 16.3 Å². The van der Waals surface area contributed by atoms with Crippen molar-refractivity contribution >= 4 is 9.84 Å². The summed E-state index contributed by atoms with van der Waals surface area (Å²) in [5, 5.41) is 3.29. The Balaban J connectivity index is 2.19. The summed E-state index contributed by atoms with van der Waals surface area (Å²) in [5.74, 6) is 0. The molecule has 0 bridgehead atoms. The van der Waals surface area contributed by atoms with Gasteiger partial charge in [-0.05, 0) is 43.7 Å². The summed E-state index contributed by atoms with van der Waals surface area (Å²) in [6, 6.07) is 15.7. The van der Waals surface area contributed by atoms with Gasteiger partial charge in [0.05, 0.1) is 4.90 Å². The molecule has 1 atom stereocenters. The van der Waals surface area contributed by atoms with Crippen LogP contribution in [0.1, 0.15) is 22.7 Å². The predicted molar refractivity (Wildman–Crippen MR) is 86.2 cm³/mol. The van der Waals surface area contributed by atoms with E-state index in [-0.39, 0.29) is 6.04 Å². The highest BCUT2D eigenvalue weighted by Crippen LogP contribution is 2.20. The van der Waals surface area contributed by atoms with Gasteiger partial charge in [-0.2, -0.15) is 0 Å². The molecule has 1 unspecified atom stereocenters. The molecular formula is C17H21NO2S. The molecular weight excluding hydrogens is 282 g/mol. The molecule has 1 N–H and O–H groups in total. The Morgan fingerprint density at radius 3 is 2.05 bits per heavy atom. The quantitative estimate of drug-likeness (QED) is 0.924. The molecule has 0 saturated heterocycles. The van der Waals surface area contributed by atoms with E-state index in [0.29, 0.717) is 4.90 Å². The minimum absolute atomic E-state index is 0.168. The van der Waals surface area contributed by atoms with Crippen molar-refractivity contribution in [3.8, 4) is 0 Å². The fourth-order valence-electron chi connectivity index (χ4n) is 2.29. The van der Waals surface area contributed by atoms with E-state index in [1.807, 2.05) is 19.2 Å². The van der Waals surface area contributed by atoms with Gasteiger partial charge in [-0.15, -0.1) is 0 Å². The Labute approximate surface area is 126 Å². The number of sulfone groups is 1. The van der Waals surface area contributed by atoms with Gasteiger partial charge >= 0.3 is 0 Å². The van der Waals surface area contributed by atoms with Crippen LogP contribution in [0.2, 0.25) is 0 Å². The van der Waals surface area contributed by atoms with E-state index in [1.165, 1.54) is 17.4 Å². The molecule has 0 aliphatic heterocycles. The zero-order valence-corrected chi connectivity index (χ0v) is 13.4. The molecule has 0 amide bonds. The van der Waals surface area contributed by atoms with Crippen molar-refractivity contribution in [1.82, 2.24) is 5.32 Å². The molecule has 0 fully saturated rings. The molecule has 21 heavy (non-hydrogen) atoms. The molecule has 112 valence electrons. The molecule has 0 spiro atoms. The number of aryl methyl sites for hydroxylation is 1. The van der Waals surface area contributed by atoms with Gasteiger partial charge < -0.3 is 5.32 Å². The van der Waals surface area contributed by atoms with Gasteiger partial charge in [0.15, 0.2) is 9.84 Å². The van der Waals surface area contributed by atoms with E-state index in [1.54, 1.807) is 12.1 Å². The average molecular weight is 303 g/mol. The number of hydrogen-bond donors (Lipinski definition) is 1. The van der Waals surface area contributed by atoms with Crippen LogP contribution in [0.15, 0.2) is 53.4 Å². The zero-order chi connectivity index (χ0) is 15.5. The molecule has 0 saturated carbocycles. The monoisotopic (exact) mass is 303 g/mol. The first-order valence-corrected chi connectivity index (χ1v) is 8.82. The van der Waals surface area contributed by atoms with Gasteiger partial charge in [-0.25, -0.2) is 8.42 Å². The molecule has 2 aromatic carbocycles. The van der Waals surface area contributed by atoms with Gasteiger partial charge in [-0.1, -0.05) is 42.0 Å². The summed E-state index contributed by atoms with van der Waals surface area (Å²) in [6.07, 6.45) is 2.10. The number of rotatable bonds is 5. The Kier molecular flexibility index (Phi) is 4.80. The fourth-order valence-corrected chi connectivity index (χ4v) is 2.92. The SMILES string of the molecule is CNC(Cc1ccc(C)cc1)c1ccc(S(C)(=O)=O)cc1. The predicted octanol–water partition coefficient (Wildman–Crippen LogP) is 2.90. The summed E-state index contributed by atoms with van der Waals surface area (Å²) >= 11 is 0. The van der Waals surface area contributed by atoms with Gasteiger partial charge in [0.1, 0.15) is 0 Å². The minimum atomic E-state index is -3.14. The second kappa shape index (κ2) is 6.41. The normalized spacial score (nSPS) is 13.1. The largest absolute Gasteiger partial charge is 0.313 e. The van der Waals surface area contributed by atoms with Crippen LogP contribution < -0.4 is 5.32 Å². The van der Waals surface area contributed by atoms with Crippen LogP contribution in [0, 0.1) is 6.92 Å². The fraction of sp³-hybridized carbons (Fsp3) is 0.294. The number of nitrogens with one attached hydrogen (secondary N) is 1. The van der Waals surface area contributed by atoms with Crippen molar-refractivity contribution < 1.29 is 8.42 Å². The van der Waals surface area contributed by atoms with Crippen molar-refractivity contribution in [1.29, 1.82) is 0 Å². The summed E-state index contributed by atoms with van der Waals surface area (Å²) in [4.78, 5) is 0.358. The number of hydrogen-bond acceptors (Lipinski definition) is 3. The lowest BCUT2D eigenvalue weighted by atomic mass is 9.98. The van der Waals surface area contributed by atoms with E-state index in [0.717, 1.165) is 12.0 Å². The highest BCUT2D eigenvalue weighted by Gasteiger charge is 2.12. The Morgan fingerprint density at radius 2 is 1.57 bits per heavy atom. The lowest BCUT2D eigenvalue weighted by Crippen LogP contribution is -2.18. The van der Waals surface area contributed by atoms with Gasteiger partial charge in [0, 0.05) is 12.3 Å². The van der Waals surface area contributed by atoms with E-state index >= 15 is 0 Å². The van der Waals surface area contributed by atoms with Crippen molar-refractivity contribution in [2.45, 2.75) is 24.3 Å². The van der Waals surface area contributed by atoms with E-state index in [9.17, 15) is 8.42 Å². The van der Waals surface area contributed by atoms with Crippen LogP contribution in [0.25, 0.3) is 0 Å². The van der Waals surface area contributed by atoms with Crippen molar-refractivity contribution in [2.24, 2.45) is 0 Å². The third-order valence-corrected chi connectivity index (χ3v) is 4.75. The molecule has 2 aromatic rings. The maximum atomic E-state index is 11.5. The molecule has 2 rings (SSSR count). The molecule has 3 nitrogen and oxygen atoms in total. The lowest BCUT2D eigenvalue weighted by Gasteiger charge is -2.17. The van der Waals surface area contributed by atoms with Crippen molar-refractivity contribution in [2.75, 3.05) is 13.3 Å². The first-order valence-electron chi connectivity index (χ1n) is 6.93. The topological polar surface area (TPSA) is 46.2 Å². The molecule has 0 aromatic heterocycles. The highest BCUT2D eigenvalue weighted by atomic mass is 32.2. The second-order valence-electron chi connectivity index (χ2n) is 5.37. The summed E-state index contributed by atoms with van der Waals surface area (Å²) in [7, 11) is -1.22. The standard InChI is InChI=1S/C17H21NO2S/c1-13-4-6-14(7-5-13)12-17(18-2)15-8-10-16(11-9-15)21(3,19)20/h4-11,17-18H,12H2,1-3H3. The van der Waals surface area contributed by atoms with Gasteiger partial charge in [-0.3, -0.25) is 0 Å². The second-order valence-corrected chi connectivity index (χ2v) is 7.39. The molecule has 0 heterocycles. The van der Waals surface area contributed by atoms with E-state index in [2.05, 4.69) is 36.5 Å². The molecule has 0 aliphatic carbocycles. The van der Waals surface area contributed by atoms with Gasteiger partial charge in [0.2, 0.25) is 0 Å². The molecule has 4 heteroatoms. The summed E-state index contributed by atoms with van der Waals surface area (Å²) in [6.45, 7) is 2.07. The van der Waals surface area contributed by atoms with Crippen LogP contribution in [0.3, 0.4) is 0 Å². The Morgan fingerprint density at radius 1 is 1.00 bits per heavy atom. The van der Waals surface area contributed by atoms with Crippen LogP contribution >= 0.6 is 0 Å². The average Bonchev–Trinajstić information content (AvgIpc) is 2.46.